The summed E-state index contributed by atoms with van der Waals surface area (Å²) in [6.07, 6.45) is 1.94. The van der Waals surface area contributed by atoms with E-state index < -0.39 is 0 Å². The smallest absolute Gasteiger partial charge is 0.323 e. The molecule has 0 aromatic rings. The molecule has 2 rings (SSSR count). The number of nitrogens with one attached hydrogen (secondary N) is 1. The van der Waals surface area contributed by atoms with Crippen molar-refractivity contribution >= 4 is 5.97 Å². The normalized spacial score (nSPS) is 31.0. The standard InChI is InChI=1S/C9H15NO3/c1-12-8(11)7-9(6-10-7)2-4-13-5-3-9/h7,10H,2-6H2,1H3/t7-/m1/s1. The molecular weight excluding hydrogens is 170 g/mol. The fraction of sp³-hybridized carbons (Fsp3) is 0.889. The van der Waals surface area contributed by atoms with E-state index in [-0.39, 0.29) is 17.4 Å². The Kier molecular flexibility index (Phi) is 2.26. The molecule has 74 valence electrons. The van der Waals surface area contributed by atoms with Crippen molar-refractivity contribution in [1.29, 1.82) is 0 Å². The van der Waals surface area contributed by atoms with Crippen LogP contribution in [0.25, 0.3) is 0 Å². The lowest BCUT2D eigenvalue weighted by Crippen LogP contribution is -2.67. The molecule has 0 unspecified atom stereocenters. The lowest BCUT2D eigenvalue weighted by molar-refractivity contribution is -0.156. The number of esters is 1. The lowest BCUT2D eigenvalue weighted by atomic mass is 9.68. The minimum absolute atomic E-state index is 0.0959. The maximum Gasteiger partial charge on any atom is 0.323 e. The summed E-state index contributed by atoms with van der Waals surface area (Å²) in [7, 11) is 1.44. The molecular formula is C9H15NO3. The largest absolute Gasteiger partial charge is 0.468 e. The molecule has 2 heterocycles. The Morgan fingerprint density at radius 3 is 2.69 bits per heavy atom. The minimum atomic E-state index is -0.131. The SMILES string of the molecule is COC(=O)[C@H]1NCC12CCOCC2. The van der Waals surface area contributed by atoms with Gasteiger partial charge in [0.15, 0.2) is 0 Å². The van der Waals surface area contributed by atoms with E-state index in [2.05, 4.69) is 5.32 Å². The Morgan fingerprint density at radius 2 is 2.23 bits per heavy atom. The van der Waals surface area contributed by atoms with Gasteiger partial charge in [0.25, 0.3) is 0 Å². The number of carbonyl (C=O) groups is 1. The third kappa shape index (κ3) is 1.34. The van der Waals surface area contributed by atoms with Gasteiger partial charge in [0, 0.05) is 25.2 Å². The zero-order chi connectivity index (χ0) is 9.31. The summed E-state index contributed by atoms with van der Waals surface area (Å²) in [6.45, 7) is 2.47. The van der Waals surface area contributed by atoms with Crippen LogP contribution in [0.4, 0.5) is 0 Å². The highest BCUT2D eigenvalue weighted by molar-refractivity contribution is 5.78. The van der Waals surface area contributed by atoms with Gasteiger partial charge in [-0.25, -0.2) is 0 Å². The molecule has 13 heavy (non-hydrogen) atoms. The number of carbonyl (C=O) groups excluding carboxylic acids is 1. The molecule has 2 saturated heterocycles. The molecule has 0 amide bonds. The number of rotatable bonds is 1. The maximum atomic E-state index is 11.3. The first kappa shape index (κ1) is 8.97. The zero-order valence-electron chi connectivity index (χ0n) is 7.84. The number of hydrogen-bond acceptors (Lipinski definition) is 4. The van der Waals surface area contributed by atoms with E-state index in [1.165, 1.54) is 7.11 Å². The van der Waals surface area contributed by atoms with Gasteiger partial charge in [0.2, 0.25) is 0 Å². The molecule has 4 heteroatoms. The van der Waals surface area contributed by atoms with Crippen molar-refractivity contribution < 1.29 is 14.3 Å². The molecule has 2 aliphatic heterocycles. The van der Waals surface area contributed by atoms with E-state index in [9.17, 15) is 4.79 Å². The van der Waals surface area contributed by atoms with Crippen LogP contribution in [-0.2, 0) is 14.3 Å². The topological polar surface area (TPSA) is 47.6 Å². The Balaban J connectivity index is 2.02. The molecule has 0 bridgehead atoms. The van der Waals surface area contributed by atoms with Crippen molar-refractivity contribution in [2.24, 2.45) is 5.41 Å². The zero-order valence-corrected chi connectivity index (χ0v) is 7.84. The van der Waals surface area contributed by atoms with Gasteiger partial charge < -0.3 is 14.8 Å². The van der Waals surface area contributed by atoms with E-state index in [0.29, 0.717) is 0 Å². The third-order valence-electron chi connectivity index (χ3n) is 3.20. The molecule has 0 radical (unpaired) electrons. The average molecular weight is 185 g/mol. The molecule has 4 nitrogen and oxygen atoms in total. The van der Waals surface area contributed by atoms with Crippen molar-refractivity contribution in [3.63, 3.8) is 0 Å². The summed E-state index contributed by atoms with van der Waals surface area (Å²) in [4.78, 5) is 11.3. The van der Waals surface area contributed by atoms with Crippen LogP contribution in [0.15, 0.2) is 0 Å². The minimum Gasteiger partial charge on any atom is -0.468 e. The monoisotopic (exact) mass is 185 g/mol. The van der Waals surface area contributed by atoms with Crippen LogP contribution in [0, 0.1) is 5.41 Å². The fourth-order valence-corrected chi connectivity index (χ4v) is 2.19. The summed E-state index contributed by atoms with van der Waals surface area (Å²) in [6, 6.07) is -0.0959. The Labute approximate surface area is 77.6 Å². The Morgan fingerprint density at radius 1 is 1.54 bits per heavy atom. The second-order valence-electron chi connectivity index (χ2n) is 3.81. The van der Waals surface area contributed by atoms with Gasteiger partial charge in [-0.15, -0.1) is 0 Å². The van der Waals surface area contributed by atoms with Crippen LogP contribution in [0.3, 0.4) is 0 Å². The van der Waals surface area contributed by atoms with Crippen LogP contribution >= 0.6 is 0 Å². The van der Waals surface area contributed by atoms with Crippen LogP contribution < -0.4 is 5.32 Å². The first-order valence-electron chi connectivity index (χ1n) is 4.67. The first-order chi connectivity index (χ1) is 6.28. The summed E-state index contributed by atoms with van der Waals surface area (Å²) in [5, 5.41) is 3.13. The van der Waals surface area contributed by atoms with Gasteiger partial charge in [-0.3, -0.25) is 4.79 Å². The highest BCUT2D eigenvalue weighted by Crippen LogP contribution is 2.39. The molecule has 0 aromatic carbocycles. The summed E-state index contributed by atoms with van der Waals surface area (Å²) < 4.78 is 10.0. The van der Waals surface area contributed by atoms with Crippen molar-refractivity contribution in [2.75, 3.05) is 26.9 Å². The van der Waals surface area contributed by atoms with Crippen LogP contribution in [0.1, 0.15) is 12.8 Å². The van der Waals surface area contributed by atoms with E-state index >= 15 is 0 Å². The molecule has 1 N–H and O–H groups in total. The van der Waals surface area contributed by atoms with Crippen LogP contribution in [0.2, 0.25) is 0 Å². The van der Waals surface area contributed by atoms with E-state index in [1.807, 2.05) is 0 Å². The van der Waals surface area contributed by atoms with Gasteiger partial charge in [0.1, 0.15) is 6.04 Å². The first-order valence-corrected chi connectivity index (χ1v) is 4.67. The Hall–Kier alpha value is -0.610. The van der Waals surface area contributed by atoms with Gasteiger partial charge in [-0.05, 0) is 12.8 Å². The molecule has 0 aromatic heterocycles. The van der Waals surface area contributed by atoms with Crippen molar-refractivity contribution in [1.82, 2.24) is 5.32 Å². The number of hydrogen-bond donors (Lipinski definition) is 1. The average Bonchev–Trinajstić information content (AvgIpc) is 2.17. The number of ether oxygens (including phenoxy) is 2. The second-order valence-corrected chi connectivity index (χ2v) is 3.81. The Bertz CT molecular complexity index is 211. The van der Waals surface area contributed by atoms with Gasteiger partial charge in [-0.2, -0.15) is 0 Å². The second kappa shape index (κ2) is 3.27. The summed E-state index contributed by atoms with van der Waals surface area (Å²) >= 11 is 0. The van der Waals surface area contributed by atoms with Crippen LogP contribution in [-0.4, -0.2) is 38.9 Å². The highest BCUT2D eigenvalue weighted by atomic mass is 16.5. The van der Waals surface area contributed by atoms with Crippen molar-refractivity contribution in [3.05, 3.63) is 0 Å². The molecule has 1 spiro atoms. The van der Waals surface area contributed by atoms with Crippen molar-refractivity contribution in [3.8, 4) is 0 Å². The van der Waals surface area contributed by atoms with E-state index in [0.717, 1.165) is 32.6 Å². The third-order valence-corrected chi connectivity index (χ3v) is 3.20. The highest BCUT2D eigenvalue weighted by Gasteiger charge is 2.51. The van der Waals surface area contributed by atoms with E-state index in [1.54, 1.807) is 0 Å². The molecule has 2 fully saturated rings. The summed E-state index contributed by atoms with van der Waals surface area (Å²) in [5.41, 5.74) is 0.130. The number of methoxy groups -OCH3 is 1. The predicted molar refractivity (Wildman–Crippen MR) is 46.3 cm³/mol. The summed E-state index contributed by atoms with van der Waals surface area (Å²) in [5.74, 6) is -0.131. The van der Waals surface area contributed by atoms with Crippen molar-refractivity contribution in [2.45, 2.75) is 18.9 Å². The van der Waals surface area contributed by atoms with Gasteiger partial charge >= 0.3 is 5.97 Å². The lowest BCUT2D eigenvalue weighted by Gasteiger charge is -2.50. The van der Waals surface area contributed by atoms with Crippen LogP contribution in [0.5, 0.6) is 0 Å². The quantitative estimate of drug-likeness (QED) is 0.581. The van der Waals surface area contributed by atoms with Gasteiger partial charge in [0.05, 0.1) is 7.11 Å². The van der Waals surface area contributed by atoms with Gasteiger partial charge in [-0.1, -0.05) is 0 Å². The molecule has 0 aliphatic carbocycles. The molecule has 0 saturated carbocycles. The predicted octanol–water partition coefficient (Wildman–Crippen LogP) is -0.0720. The maximum absolute atomic E-state index is 11.3. The fourth-order valence-electron chi connectivity index (χ4n) is 2.19. The molecule has 1 atom stereocenters. The molecule has 2 aliphatic rings. The van der Waals surface area contributed by atoms with E-state index in [4.69, 9.17) is 9.47 Å².